The van der Waals surface area contributed by atoms with Crippen molar-refractivity contribution >= 4 is 0 Å². The van der Waals surface area contributed by atoms with E-state index in [0.717, 1.165) is 19.0 Å². The third-order valence-corrected chi connectivity index (χ3v) is 3.21. The van der Waals surface area contributed by atoms with E-state index >= 15 is 0 Å². The fraction of sp³-hybridized carbons (Fsp3) is 1.00. The molecule has 0 aliphatic carbocycles. The Morgan fingerprint density at radius 2 is 2.17 bits per heavy atom. The van der Waals surface area contributed by atoms with E-state index < -0.39 is 0 Å². The van der Waals surface area contributed by atoms with Gasteiger partial charge >= 0.3 is 0 Å². The molecule has 1 aliphatic heterocycles. The van der Waals surface area contributed by atoms with Crippen LogP contribution in [0.2, 0.25) is 0 Å². The van der Waals surface area contributed by atoms with Gasteiger partial charge in [-0.25, -0.2) is 0 Å². The maximum atomic E-state index is 5.68. The van der Waals surface area contributed by atoms with Gasteiger partial charge in [0, 0.05) is 12.1 Å². The summed E-state index contributed by atoms with van der Waals surface area (Å²) >= 11 is 0. The minimum Gasteiger partial charge on any atom is -0.330 e. The lowest BCUT2D eigenvalue weighted by Crippen LogP contribution is -2.51. The van der Waals surface area contributed by atoms with Crippen molar-refractivity contribution in [2.45, 2.75) is 39.2 Å². The van der Waals surface area contributed by atoms with Crippen LogP contribution in [0.1, 0.15) is 33.6 Å². The molecule has 1 heterocycles. The zero-order chi connectivity index (χ0) is 9.19. The number of nitrogens with two attached hydrogens (primary N) is 1. The molecule has 2 nitrogen and oxygen atoms in total. The lowest BCUT2D eigenvalue weighted by molar-refractivity contribution is 0.0530. The van der Waals surface area contributed by atoms with Gasteiger partial charge in [0.15, 0.2) is 0 Å². The highest BCUT2D eigenvalue weighted by Crippen LogP contribution is 2.29. The van der Waals surface area contributed by atoms with Gasteiger partial charge in [0.25, 0.3) is 0 Å². The van der Waals surface area contributed by atoms with Crippen molar-refractivity contribution in [1.29, 1.82) is 0 Å². The summed E-state index contributed by atoms with van der Waals surface area (Å²) in [5.41, 5.74) is 6.09. The summed E-state index contributed by atoms with van der Waals surface area (Å²) in [6.45, 7) is 10.1. The molecule has 1 atom stereocenters. The first-order chi connectivity index (χ1) is 5.60. The number of rotatable bonds is 2. The van der Waals surface area contributed by atoms with Crippen molar-refractivity contribution in [2.75, 3.05) is 19.6 Å². The predicted octanol–water partition coefficient (Wildman–Crippen LogP) is 1.46. The molecule has 72 valence electrons. The Bertz CT molecular complexity index is 143. The molecule has 1 unspecified atom stereocenters. The third kappa shape index (κ3) is 1.99. The Hall–Kier alpha value is -0.0800. The topological polar surface area (TPSA) is 29.3 Å². The molecule has 0 bridgehead atoms. The fourth-order valence-electron chi connectivity index (χ4n) is 2.12. The molecule has 0 amide bonds. The van der Waals surface area contributed by atoms with E-state index in [4.69, 9.17) is 5.73 Å². The number of likely N-dealkylation sites (tertiary alicyclic amines) is 1. The molecule has 0 aromatic heterocycles. The monoisotopic (exact) mass is 170 g/mol. The van der Waals surface area contributed by atoms with Crippen LogP contribution in [0.25, 0.3) is 0 Å². The van der Waals surface area contributed by atoms with Crippen LogP contribution in [0.3, 0.4) is 0 Å². The maximum absolute atomic E-state index is 5.68. The first-order valence-corrected chi connectivity index (χ1v) is 5.05. The van der Waals surface area contributed by atoms with Crippen LogP contribution in [0, 0.1) is 5.92 Å². The average molecular weight is 170 g/mol. The lowest BCUT2D eigenvalue weighted by Gasteiger charge is -2.45. The predicted molar refractivity (Wildman–Crippen MR) is 53.1 cm³/mol. The Morgan fingerprint density at radius 3 is 2.67 bits per heavy atom. The number of hydrogen-bond acceptors (Lipinski definition) is 2. The molecule has 0 spiro atoms. The Morgan fingerprint density at radius 1 is 1.50 bits per heavy atom. The molecule has 1 aliphatic rings. The second-order valence-electron chi connectivity index (χ2n) is 4.49. The Balaban J connectivity index is 2.54. The largest absolute Gasteiger partial charge is 0.330 e. The van der Waals surface area contributed by atoms with E-state index in [1.807, 2.05) is 0 Å². The van der Waals surface area contributed by atoms with E-state index in [-0.39, 0.29) is 0 Å². The first kappa shape index (κ1) is 10.0. The van der Waals surface area contributed by atoms with Crippen LogP contribution in [-0.2, 0) is 0 Å². The van der Waals surface area contributed by atoms with Gasteiger partial charge in [-0.3, -0.25) is 4.90 Å². The van der Waals surface area contributed by atoms with E-state index in [1.54, 1.807) is 0 Å². The van der Waals surface area contributed by atoms with Crippen LogP contribution in [0.4, 0.5) is 0 Å². The molecule has 0 saturated carbocycles. The summed E-state index contributed by atoms with van der Waals surface area (Å²) in [7, 11) is 0. The quantitative estimate of drug-likeness (QED) is 0.680. The van der Waals surface area contributed by atoms with E-state index in [9.17, 15) is 0 Å². The lowest BCUT2D eigenvalue weighted by atomic mass is 9.85. The molecule has 1 fully saturated rings. The molecule has 0 aromatic carbocycles. The summed E-state index contributed by atoms with van der Waals surface area (Å²) in [5, 5.41) is 0. The second kappa shape index (κ2) is 3.75. The number of hydrogen-bond donors (Lipinski definition) is 1. The summed E-state index contributed by atoms with van der Waals surface area (Å²) < 4.78 is 0. The minimum absolute atomic E-state index is 0.403. The number of nitrogens with zero attached hydrogens (tertiary/aromatic N) is 1. The Kier molecular flexibility index (Phi) is 3.13. The fourth-order valence-corrected chi connectivity index (χ4v) is 2.12. The SMILES string of the molecule is CCN1CC(CN)CCC1(C)C. The zero-order valence-electron chi connectivity index (χ0n) is 8.64. The average Bonchev–Trinajstić information content (AvgIpc) is 2.04. The summed E-state index contributed by atoms with van der Waals surface area (Å²) in [6, 6.07) is 0. The molecular weight excluding hydrogens is 148 g/mol. The van der Waals surface area contributed by atoms with Crippen molar-refractivity contribution in [1.82, 2.24) is 4.90 Å². The standard InChI is InChI=1S/C10H22N2/c1-4-12-8-9(7-11)5-6-10(12,2)3/h9H,4-8,11H2,1-3H3. The second-order valence-corrected chi connectivity index (χ2v) is 4.49. The minimum atomic E-state index is 0.403. The smallest absolute Gasteiger partial charge is 0.0153 e. The molecule has 1 rings (SSSR count). The summed E-state index contributed by atoms with van der Waals surface area (Å²) in [4.78, 5) is 2.55. The van der Waals surface area contributed by atoms with Crippen molar-refractivity contribution in [3.63, 3.8) is 0 Å². The van der Waals surface area contributed by atoms with Gasteiger partial charge < -0.3 is 5.73 Å². The van der Waals surface area contributed by atoms with Crippen molar-refractivity contribution in [3.8, 4) is 0 Å². The first-order valence-electron chi connectivity index (χ1n) is 5.05. The molecule has 0 radical (unpaired) electrons. The van der Waals surface area contributed by atoms with Crippen LogP contribution in [0.15, 0.2) is 0 Å². The van der Waals surface area contributed by atoms with Crippen molar-refractivity contribution < 1.29 is 0 Å². The molecule has 1 saturated heterocycles. The highest BCUT2D eigenvalue weighted by molar-refractivity contribution is 4.88. The van der Waals surface area contributed by atoms with Crippen LogP contribution in [0.5, 0.6) is 0 Å². The van der Waals surface area contributed by atoms with E-state index in [1.165, 1.54) is 19.4 Å². The van der Waals surface area contributed by atoms with Crippen LogP contribution in [-0.4, -0.2) is 30.1 Å². The van der Waals surface area contributed by atoms with E-state index in [2.05, 4.69) is 25.7 Å². The molecule has 12 heavy (non-hydrogen) atoms. The molecule has 2 heteroatoms. The van der Waals surface area contributed by atoms with Crippen molar-refractivity contribution in [3.05, 3.63) is 0 Å². The maximum Gasteiger partial charge on any atom is 0.0153 e. The van der Waals surface area contributed by atoms with Crippen LogP contribution >= 0.6 is 0 Å². The molecular formula is C10H22N2. The summed E-state index contributed by atoms with van der Waals surface area (Å²) in [5.74, 6) is 0.734. The van der Waals surface area contributed by atoms with Gasteiger partial charge in [-0.2, -0.15) is 0 Å². The summed E-state index contributed by atoms with van der Waals surface area (Å²) in [6.07, 6.45) is 2.60. The Labute approximate surface area is 76.1 Å². The van der Waals surface area contributed by atoms with Gasteiger partial charge in [-0.15, -0.1) is 0 Å². The van der Waals surface area contributed by atoms with E-state index in [0.29, 0.717) is 5.54 Å². The zero-order valence-corrected chi connectivity index (χ0v) is 8.64. The highest BCUT2D eigenvalue weighted by Gasteiger charge is 2.32. The molecule has 2 N–H and O–H groups in total. The van der Waals surface area contributed by atoms with Gasteiger partial charge in [0.05, 0.1) is 0 Å². The van der Waals surface area contributed by atoms with Gasteiger partial charge in [0.1, 0.15) is 0 Å². The third-order valence-electron chi connectivity index (χ3n) is 3.21. The van der Waals surface area contributed by atoms with Gasteiger partial charge in [-0.1, -0.05) is 6.92 Å². The van der Waals surface area contributed by atoms with Crippen molar-refractivity contribution in [2.24, 2.45) is 11.7 Å². The van der Waals surface area contributed by atoms with Gasteiger partial charge in [0.2, 0.25) is 0 Å². The van der Waals surface area contributed by atoms with Crippen LogP contribution < -0.4 is 5.73 Å². The number of piperidine rings is 1. The normalized spacial score (nSPS) is 30.5. The molecule has 0 aromatic rings. The van der Waals surface area contributed by atoms with Gasteiger partial charge in [-0.05, 0) is 45.7 Å². The highest BCUT2D eigenvalue weighted by atomic mass is 15.2.